The number of aromatic nitrogens is 4. The first-order chi connectivity index (χ1) is 15.2. The van der Waals surface area contributed by atoms with Gasteiger partial charge in [0.2, 0.25) is 0 Å². The van der Waals surface area contributed by atoms with Gasteiger partial charge >= 0.3 is 0 Å². The van der Waals surface area contributed by atoms with Crippen molar-refractivity contribution in [1.29, 1.82) is 0 Å². The van der Waals surface area contributed by atoms with Crippen LogP contribution < -0.4 is 10.1 Å². The fourth-order valence-corrected chi connectivity index (χ4v) is 3.36. The van der Waals surface area contributed by atoms with Crippen molar-refractivity contribution in [1.82, 2.24) is 25.3 Å². The number of nitrogens with one attached hydrogen (secondary N) is 1. The fourth-order valence-electron chi connectivity index (χ4n) is 3.15. The molecule has 0 saturated carbocycles. The third kappa shape index (κ3) is 4.73. The fraction of sp³-hybridized carbons (Fsp3) is 0.130. The van der Waals surface area contributed by atoms with E-state index < -0.39 is 0 Å². The third-order valence-electron chi connectivity index (χ3n) is 4.57. The Morgan fingerprint density at radius 2 is 1.87 bits per heavy atom. The van der Waals surface area contributed by atoms with Gasteiger partial charge in [0.1, 0.15) is 11.4 Å². The van der Waals surface area contributed by atoms with Crippen molar-refractivity contribution < 1.29 is 9.53 Å². The Bertz CT molecular complexity index is 1180. The van der Waals surface area contributed by atoms with E-state index in [0.717, 1.165) is 22.6 Å². The van der Waals surface area contributed by atoms with E-state index in [1.165, 1.54) is 0 Å². The smallest absolute Gasteiger partial charge is 0.274 e. The van der Waals surface area contributed by atoms with E-state index in [2.05, 4.69) is 20.6 Å². The summed E-state index contributed by atoms with van der Waals surface area (Å²) < 4.78 is 7.15. The zero-order valence-electron chi connectivity index (χ0n) is 16.8. The van der Waals surface area contributed by atoms with Crippen LogP contribution >= 0.6 is 11.6 Å². The van der Waals surface area contributed by atoms with Gasteiger partial charge in [-0.05, 0) is 61.0 Å². The Morgan fingerprint density at radius 3 is 2.58 bits per heavy atom. The second-order valence-electron chi connectivity index (χ2n) is 6.67. The highest BCUT2D eigenvalue weighted by Gasteiger charge is 2.22. The molecule has 4 rings (SSSR count). The van der Waals surface area contributed by atoms with Crippen molar-refractivity contribution in [3.05, 3.63) is 89.3 Å². The van der Waals surface area contributed by atoms with Crippen LogP contribution in [0, 0.1) is 0 Å². The first-order valence-electron chi connectivity index (χ1n) is 9.77. The minimum absolute atomic E-state index is 0.224. The SMILES string of the molecule is CCOc1ccc(-n2nnc(C(=O)NCc3cccc(Cl)c3)c2-c2ccncc2)cc1. The number of benzene rings is 2. The van der Waals surface area contributed by atoms with Crippen molar-refractivity contribution in [2.45, 2.75) is 13.5 Å². The van der Waals surface area contributed by atoms with Crippen LogP contribution in [0.3, 0.4) is 0 Å². The number of nitrogens with zero attached hydrogens (tertiary/aromatic N) is 4. The third-order valence-corrected chi connectivity index (χ3v) is 4.81. The molecule has 0 saturated heterocycles. The van der Waals surface area contributed by atoms with E-state index in [1.54, 1.807) is 23.1 Å². The highest BCUT2D eigenvalue weighted by atomic mass is 35.5. The lowest BCUT2D eigenvalue weighted by molar-refractivity contribution is 0.0946. The maximum absolute atomic E-state index is 13.0. The van der Waals surface area contributed by atoms with Gasteiger partial charge in [0, 0.05) is 29.5 Å². The summed E-state index contributed by atoms with van der Waals surface area (Å²) >= 11 is 6.03. The molecule has 0 aliphatic heterocycles. The number of ether oxygens (including phenoxy) is 1. The molecular weight excluding hydrogens is 414 g/mol. The standard InChI is InChI=1S/C23H20ClN5O2/c1-2-31-20-8-6-19(7-9-20)29-22(17-10-12-25-13-11-17)21(27-28-29)23(30)26-15-16-4-3-5-18(24)14-16/h3-14H,2,15H2,1H3,(H,26,30). The number of carbonyl (C=O) groups excluding carboxylic acids is 1. The number of hydrogen-bond donors (Lipinski definition) is 1. The van der Waals surface area contributed by atoms with Crippen molar-refractivity contribution in [3.8, 4) is 22.7 Å². The molecule has 0 radical (unpaired) electrons. The van der Waals surface area contributed by atoms with Crippen molar-refractivity contribution in [2.24, 2.45) is 0 Å². The summed E-state index contributed by atoms with van der Waals surface area (Å²) in [6.07, 6.45) is 3.33. The molecule has 2 heterocycles. The zero-order valence-corrected chi connectivity index (χ0v) is 17.6. The monoisotopic (exact) mass is 433 g/mol. The molecule has 1 N–H and O–H groups in total. The molecule has 8 heteroatoms. The molecular formula is C23H20ClN5O2. The number of pyridine rings is 1. The average molecular weight is 434 g/mol. The maximum Gasteiger partial charge on any atom is 0.274 e. The molecule has 2 aromatic heterocycles. The largest absolute Gasteiger partial charge is 0.494 e. The zero-order chi connectivity index (χ0) is 21.6. The maximum atomic E-state index is 13.0. The van der Waals surface area contributed by atoms with E-state index in [0.29, 0.717) is 23.9 Å². The van der Waals surface area contributed by atoms with Gasteiger partial charge in [-0.1, -0.05) is 28.9 Å². The molecule has 1 amide bonds. The van der Waals surface area contributed by atoms with Gasteiger partial charge in [-0.3, -0.25) is 9.78 Å². The second-order valence-corrected chi connectivity index (χ2v) is 7.11. The Hall–Kier alpha value is -3.71. The predicted octanol–water partition coefficient (Wildman–Crippen LogP) is 4.31. The number of halogens is 1. The van der Waals surface area contributed by atoms with Gasteiger partial charge in [-0.15, -0.1) is 5.10 Å². The van der Waals surface area contributed by atoms with Gasteiger partial charge in [0.15, 0.2) is 5.69 Å². The summed E-state index contributed by atoms with van der Waals surface area (Å²) in [6, 6.07) is 18.4. The highest BCUT2D eigenvalue weighted by Crippen LogP contribution is 2.26. The van der Waals surface area contributed by atoms with Gasteiger partial charge in [-0.25, -0.2) is 4.68 Å². The predicted molar refractivity (Wildman–Crippen MR) is 118 cm³/mol. The molecule has 31 heavy (non-hydrogen) atoms. The average Bonchev–Trinajstić information content (AvgIpc) is 3.24. The summed E-state index contributed by atoms with van der Waals surface area (Å²) in [4.78, 5) is 17.1. The van der Waals surface area contributed by atoms with Crippen LogP contribution in [0.25, 0.3) is 16.9 Å². The molecule has 0 fully saturated rings. The minimum Gasteiger partial charge on any atom is -0.494 e. The Balaban J connectivity index is 1.67. The lowest BCUT2D eigenvalue weighted by Gasteiger charge is -2.10. The normalized spacial score (nSPS) is 10.6. The van der Waals surface area contributed by atoms with Crippen LogP contribution in [0.2, 0.25) is 5.02 Å². The van der Waals surface area contributed by atoms with E-state index >= 15 is 0 Å². The molecule has 156 valence electrons. The minimum atomic E-state index is -0.330. The van der Waals surface area contributed by atoms with E-state index in [9.17, 15) is 4.79 Å². The van der Waals surface area contributed by atoms with Gasteiger partial charge in [0.05, 0.1) is 12.3 Å². The second kappa shape index (κ2) is 9.40. The Morgan fingerprint density at radius 1 is 1.10 bits per heavy atom. The lowest BCUT2D eigenvalue weighted by Crippen LogP contribution is -2.24. The molecule has 0 atom stereocenters. The summed E-state index contributed by atoms with van der Waals surface area (Å²) in [5.74, 6) is 0.431. The number of rotatable bonds is 7. The molecule has 0 bridgehead atoms. The number of carbonyl (C=O) groups is 1. The summed E-state index contributed by atoms with van der Waals surface area (Å²) in [6.45, 7) is 2.84. The molecule has 0 aliphatic rings. The van der Waals surface area contributed by atoms with Gasteiger partial charge in [-0.2, -0.15) is 0 Å². The van der Waals surface area contributed by atoms with E-state index in [-0.39, 0.29) is 11.6 Å². The summed E-state index contributed by atoms with van der Waals surface area (Å²) in [5, 5.41) is 11.9. The molecule has 0 spiro atoms. The quantitative estimate of drug-likeness (QED) is 0.469. The van der Waals surface area contributed by atoms with Crippen LogP contribution in [0.4, 0.5) is 0 Å². The first-order valence-corrected chi connectivity index (χ1v) is 10.2. The molecule has 0 unspecified atom stereocenters. The first kappa shape index (κ1) is 20.6. The number of hydrogen-bond acceptors (Lipinski definition) is 5. The highest BCUT2D eigenvalue weighted by molar-refractivity contribution is 6.30. The van der Waals surface area contributed by atoms with E-state index in [4.69, 9.17) is 16.3 Å². The molecule has 0 aliphatic carbocycles. The van der Waals surface area contributed by atoms with E-state index in [1.807, 2.05) is 61.5 Å². The topological polar surface area (TPSA) is 81.9 Å². The van der Waals surface area contributed by atoms with Gasteiger partial charge in [0.25, 0.3) is 5.91 Å². The molecule has 2 aromatic carbocycles. The molecule has 4 aromatic rings. The van der Waals surface area contributed by atoms with Crippen LogP contribution in [-0.4, -0.2) is 32.5 Å². The van der Waals surface area contributed by atoms with Crippen LogP contribution in [-0.2, 0) is 6.54 Å². The van der Waals surface area contributed by atoms with Crippen LogP contribution in [0.15, 0.2) is 73.1 Å². The summed E-state index contributed by atoms with van der Waals surface area (Å²) in [7, 11) is 0. The lowest BCUT2D eigenvalue weighted by atomic mass is 10.1. The van der Waals surface area contributed by atoms with Gasteiger partial charge < -0.3 is 10.1 Å². The van der Waals surface area contributed by atoms with Crippen LogP contribution in [0.5, 0.6) is 5.75 Å². The summed E-state index contributed by atoms with van der Waals surface area (Å²) in [5.41, 5.74) is 3.24. The molecule has 7 nitrogen and oxygen atoms in total. The van der Waals surface area contributed by atoms with Crippen molar-refractivity contribution in [2.75, 3.05) is 6.61 Å². The Labute approximate surface area is 184 Å². The number of amides is 1. The Kier molecular flexibility index (Phi) is 6.24. The van der Waals surface area contributed by atoms with Crippen molar-refractivity contribution in [3.63, 3.8) is 0 Å². The van der Waals surface area contributed by atoms with Crippen molar-refractivity contribution >= 4 is 17.5 Å². The van der Waals surface area contributed by atoms with Crippen LogP contribution in [0.1, 0.15) is 23.0 Å².